The van der Waals surface area contributed by atoms with Gasteiger partial charge in [0.15, 0.2) is 0 Å². The average Bonchev–Trinajstić information content (AvgIpc) is 2.22. The van der Waals surface area contributed by atoms with E-state index in [1.807, 2.05) is 0 Å². The van der Waals surface area contributed by atoms with Gasteiger partial charge in [0.2, 0.25) is 0 Å². The summed E-state index contributed by atoms with van der Waals surface area (Å²) in [5.74, 6) is -3.25. The Morgan fingerprint density at radius 2 is 2.00 bits per heavy atom. The minimum absolute atomic E-state index is 0.373. The van der Waals surface area contributed by atoms with Gasteiger partial charge in [-0.05, 0) is 0 Å². The van der Waals surface area contributed by atoms with Crippen molar-refractivity contribution < 1.29 is 33.4 Å². The molecule has 0 aromatic carbocycles. The molecule has 15 heavy (non-hydrogen) atoms. The first-order chi connectivity index (χ1) is 6.99. The molecule has 7 nitrogen and oxygen atoms in total. The molecule has 84 valence electrons. The number of hydrogen-bond donors (Lipinski definition) is 1. The summed E-state index contributed by atoms with van der Waals surface area (Å²) in [6, 6.07) is 0. The van der Waals surface area contributed by atoms with Crippen LogP contribution < -0.4 is 0 Å². The lowest BCUT2D eigenvalue weighted by atomic mass is 10.7. The monoisotopic (exact) mass is 274 g/mol. The second kappa shape index (κ2) is 7.23. The van der Waals surface area contributed by atoms with E-state index in [9.17, 15) is 14.4 Å². The Morgan fingerprint density at radius 1 is 1.40 bits per heavy atom. The highest BCUT2D eigenvalue weighted by Gasteiger charge is 2.23. The van der Waals surface area contributed by atoms with Crippen molar-refractivity contribution in [2.75, 3.05) is 0 Å². The predicted octanol–water partition coefficient (Wildman–Crippen LogP) is -0.593. The topological polar surface area (TPSA) is 99.1 Å². The van der Waals surface area contributed by atoms with Gasteiger partial charge >= 0.3 is 27.9 Å². The Hall–Kier alpha value is -1.09. The Labute approximate surface area is 95.5 Å². The molecule has 1 rings (SSSR count). The summed E-state index contributed by atoms with van der Waals surface area (Å²) in [5, 5.41) is 7.52. The fourth-order valence-electron chi connectivity index (χ4n) is 0.295. The first-order valence-electron chi connectivity index (χ1n) is 3.18. The molecule has 1 heterocycles. The van der Waals surface area contributed by atoms with Crippen LogP contribution in [0.4, 0.5) is 0 Å². The lowest BCUT2D eigenvalue weighted by Gasteiger charge is -2.07. The molecular weight excluding hydrogens is 271 g/mol. The zero-order valence-corrected chi connectivity index (χ0v) is 9.86. The summed E-state index contributed by atoms with van der Waals surface area (Å²) in [6.45, 7) is 0. The number of aliphatic carboxylic acids is 1. The van der Waals surface area contributed by atoms with Crippen LogP contribution in [0, 0.1) is 0 Å². The minimum Gasteiger partial charge on any atom is -0.488 e. The third-order valence-electron chi connectivity index (χ3n) is 0.840. The van der Waals surface area contributed by atoms with E-state index in [2.05, 4.69) is 13.9 Å². The first-order valence-corrected chi connectivity index (χ1v) is 5.15. The van der Waals surface area contributed by atoms with E-state index in [0.717, 1.165) is 5.54 Å². The van der Waals surface area contributed by atoms with Crippen LogP contribution in [0.1, 0.15) is 0 Å². The standard InChI is InChI=1S/C3H2Cl2O2.C2H2O5Si/c4-1-2(5)3(6)7;3-1-2(4)6-8-7-5-1/h1H,(H,6,7);8H2. The molecule has 0 bridgehead atoms. The lowest BCUT2D eigenvalue weighted by Crippen LogP contribution is -2.29. The zero-order chi connectivity index (χ0) is 11.8. The van der Waals surface area contributed by atoms with Gasteiger partial charge in [0.1, 0.15) is 5.03 Å². The molecule has 1 aliphatic heterocycles. The molecule has 10 heteroatoms. The fraction of sp³-hybridized carbons (Fsp3) is 0. The van der Waals surface area contributed by atoms with Gasteiger partial charge < -0.3 is 9.53 Å². The van der Waals surface area contributed by atoms with E-state index in [-0.39, 0.29) is 5.03 Å². The van der Waals surface area contributed by atoms with E-state index in [1.165, 1.54) is 0 Å². The van der Waals surface area contributed by atoms with Crippen LogP contribution in [0.3, 0.4) is 0 Å². The van der Waals surface area contributed by atoms with Crippen LogP contribution in [-0.4, -0.2) is 33.0 Å². The van der Waals surface area contributed by atoms with Crippen molar-refractivity contribution in [3.63, 3.8) is 0 Å². The van der Waals surface area contributed by atoms with Crippen molar-refractivity contribution in [2.24, 2.45) is 0 Å². The number of carboxylic acids is 1. The maximum absolute atomic E-state index is 10.1. The normalized spacial score (nSPS) is 17.3. The molecular formula is C5H4Cl2O7Si. The number of carboxylic acid groups (broad SMARTS) is 1. The van der Waals surface area contributed by atoms with E-state index >= 15 is 0 Å². The summed E-state index contributed by atoms with van der Waals surface area (Å²) in [6.07, 6.45) is 0. The van der Waals surface area contributed by atoms with E-state index in [4.69, 9.17) is 28.3 Å². The Morgan fingerprint density at radius 3 is 2.20 bits per heavy atom. The maximum Gasteiger partial charge on any atom is 0.447 e. The number of rotatable bonds is 1. The highest BCUT2D eigenvalue weighted by Crippen LogP contribution is 2.00. The van der Waals surface area contributed by atoms with Crippen LogP contribution in [0.5, 0.6) is 0 Å². The highest BCUT2D eigenvalue weighted by molar-refractivity contribution is 6.45. The quantitative estimate of drug-likeness (QED) is 0.295. The SMILES string of the molecule is O=C(O)C(Cl)=CCl.O=C1OO[SiH2]OC1=O. The van der Waals surface area contributed by atoms with Crippen LogP contribution in [-0.2, 0) is 28.3 Å². The summed E-state index contributed by atoms with van der Waals surface area (Å²) < 4.78 is 8.29. The highest BCUT2D eigenvalue weighted by atomic mass is 35.5. The van der Waals surface area contributed by atoms with Gasteiger partial charge in [-0.15, -0.1) is 0 Å². The second-order valence-corrected chi connectivity index (χ2v) is 3.19. The van der Waals surface area contributed by atoms with Crippen molar-refractivity contribution in [1.82, 2.24) is 0 Å². The van der Waals surface area contributed by atoms with Crippen LogP contribution >= 0.6 is 23.2 Å². The molecule has 1 N–H and O–H groups in total. The summed E-state index contributed by atoms with van der Waals surface area (Å²) in [5.41, 5.74) is 0.796. The van der Waals surface area contributed by atoms with Gasteiger partial charge in [-0.1, -0.05) is 23.2 Å². The Kier molecular flexibility index (Phi) is 6.70. The van der Waals surface area contributed by atoms with Crippen molar-refractivity contribution >= 4 is 51.1 Å². The molecule has 0 radical (unpaired) electrons. The van der Waals surface area contributed by atoms with Gasteiger partial charge in [-0.3, -0.25) is 4.89 Å². The average molecular weight is 275 g/mol. The number of hydrogen-bond acceptors (Lipinski definition) is 6. The molecule has 0 amide bonds. The Balaban J connectivity index is 0.000000265. The smallest absolute Gasteiger partial charge is 0.447 e. The predicted molar refractivity (Wildman–Crippen MR) is 49.2 cm³/mol. The fourth-order valence-corrected chi connectivity index (χ4v) is 0.816. The van der Waals surface area contributed by atoms with Crippen molar-refractivity contribution in [3.8, 4) is 0 Å². The first kappa shape index (κ1) is 13.9. The van der Waals surface area contributed by atoms with Crippen LogP contribution in [0.25, 0.3) is 0 Å². The summed E-state index contributed by atoms with van der Waals surface area (Å²) in [4.78, 5) is 33.5. The zero-order valence-electron chi connectivity index (χ0n) is 6.94. The molecule has 0 aromatic rings. The number of carbonyl (C=O) groups excluding carboxylic acids is 2. The largest absolute Gasteiger partial charge is 0.488 e. The molecule has 1 fully saturated rings. The lowest BCUT2D eigenvalue weighted by molar-refractivity contribution is -0.233. The van der Waals surface area contributed by atoms with Crippen molar-refractivity contribution in [3.05, 3.63) is 10.6 Å². The number of halogens is 2. The van der Waals surface area contributed by atoms with Crippen molar-refractivity contribution in [1.29, 1.82) is 0 Å². The Bertz CT molecular complexity index is 286. The second-order valence-electron chi connectivity index (χ2n) is 1.80. The molecule has 0 aromatic heterocycles. The minimum atomic E-state index is -1.36. The molecule has 1 saturated heterocycles. The molecule has 0 unspecified atom stereocenters. The van der Waals surface area contributed by atoms with E-state index in [1.54, 1.807) is 0 Å². The van der Waals surface area contributed by atoms with Gasteiger partial charge in [0, 0.05) is 5.54 Å². The summed E-state index contributed by atoms with van der Waals surface area (Å²) >= 11 is 9.80. The van der Waals surface area contributed by atoms with Gasteiger partial charge in [-0.2, -0.15) is 4.58 Å². The third kappa shape index (κ3) is 6.07. The van der Waals surface area contributed by atoms with Gasteiger partial charge in [0.25, 0.3) is 0 Å². The molecule has 1 aliphatic rings. The number of carbonyl (C=O) groups is 3. The molecule has 0 aliphatic carbocycles. The van der Waals surface area contributed by atoms with E-state index < -0.39 is 27.9 Å². The molecule has 0 saturated carbocycles. The van der Waals surface area contributed by atoms with Crippen LogP contribution in [0.2, 0.25) is 0 Å². The maximum atomic E-state index is 10.1. The van der Waals surface area contributed by atoms with Gasteiger partial charge in [-0.25, -0.2) is 14.4 Å². The third-order valence-corrected chi connectivity index (χ3v) is 2.03. The van der Waals surface area contributed by atoms with E-state index in [0.29, 0.717) is 0 Å². The van der Waals surface area contributed by atoms with Crippen molar-refractivity contribution in [2.45, 2.75) is 0 Å². The molecule has 0 atom stereocenters. The van der Waals surface area contributed by atoms with Crippen LogP contribution in [0.15, 0.2) is 10.6 Å². The molecule has 0 spiro atoms. The van der Waals surface area contributed by atoms with Gasteiger partial charge in [0.05, 0.1) is 0 Å². The summed E-state index contributed by atoms with van der Waals surface area (Å²) in [7, 11) is -1.36.